The first-order valence-electron chi connectivity index (χ1n) is 4.90. The molecule has 0 aliphatic rings. The molecule has 0 heterocycles. The van der Waals surface area contributed by atoms with Crippen molar-refractivity contribution in [1.82, 2.24) is 0 Å². The molecule has 0 aliphatic carbocycles. The van der Waals surface area contributed by atoms with Gasteiger partial charge < -0.3 is 29.4 Å². The van der Waals surface area contributed by atoms with Gasteiger partial charge in [-0.05, 0) is 0 Å². The molecule has 0 saturated heterocycles. The number of aliphatic hydroxyl groups excluding tert-OH is 1. The number of methoxy groups -OCH3 is 1. The van der Waals surface area contributed by atoms with Gasteiger partial charge in [0, 0.05) is 7.11 Å². The van der Waals surface area contributed by atoms with Crippen LogP contribution in [0.3, 0.4) is 0 Å². The van der Waals surface area contributed by atoms with Gasteiger partial charge in [0.2, 0.25) is 6.36 Å². The predicted octanol–water partition coefficient (Wildman–Crippen LogP) is -0.0277. The Hall–Kier alpha value is 0.190. The molecule has 17 heteroatoms. The van der Waals surface area contributed by atoms with Crippen molar-refractivity contribution in [2.24, 2.45) is 0 Å². The van der Waals surface area contributed by atoms with E-state index in [1.807, 2.05) is 0 Å². The van der Waals surface area contributed by atoms with Crippen molar-refractivity contribution < 1.29 is 65.0 Å². The predicted molar refractivity (Wildman–Crippen MR) is 62.6 cm³/mol. The summed E-state index contributed by atoms with van der Waals surface area (Å²) in [5.74, 6) is 0. The Morgan fingerprint density at radius 1 is 1.09 bits per heavy atom. The second-order valence-electron chi connectivity index (χ2n) is 3.60. The Morgan fingerprint density at radius 3 is 1.91 bits per heavy atom. The minimum absolute atomic E-state index is 0.725. The molecule has 0 aromatic carbocycles. The van der Waals surface area contributed by atoms with E-state index in [0.717, 1.165) is 7.11 Å². The van der Waals surface area contributed by atoms with Crippen molar-refractivity contribution in [2.75, 3.05) is 20.4 Å². The quantitative estimate of drug-likeness (QED) is 0.311. The molecule has 0 aromatic rings. The van der Waals surface area contributed by atoms with Crippen LogP contribution in [-0.4, -0.2) is 57.0 Å². The van der Waals surface area contributed by atoms with Crippen molar-refractivity contribution in [1.29, 1.82) is 0 Å². The Kier molecular flexibility index (Phi) is 7.91. The Morgan fingerprint density at radius 2 is 1.59 bits per heavy atom. The maximum absolute atomic E-state index is 12.8. The van der Waals surface area contributed by atoms with Crippen molar-refractivity contribution in [3.63, 3.8) is 0 Å². The highest BCUT2D eigenvalue weighted by atomic mass is 31.3. The zero-order chi connectivity index (χ0) is 17.8. The summed E-state index contributed by atoms with van der Waals surface area (Å²) in [6.07, 6.45) is -3.00. The summed E-state index contributed by atoms with van der Waals surface area (Å²) in [6, 6.07) is 0. The van der Waals surface area contributed by atoms with Crippen molar-refractivity contribution in [3.8, 4) is 0 Å². The number of rotatable bonds is 10. The number of ether oxygens (including phenoxy) is 1. The van der Waals surface area contributed by atoms with Gasteiger partial charge in [0.15, 0.2) is 5.60 Å². The Labute approximate surface area is 122 Å². The number of hydrogen-bond acceptors (Lipinski definition) is 8. The zero-order valence-electron chi connectivity index (χ0n) is 10.7. The fraction of sp³-hybridized carbons (Fsp3) is 1.00. The van der Waals surface area contributed by atoms with Gasteiger partial charge in [0.1, 0.15) is 6.67 Å². The highest BCUT2D eigenvalue weighted by Gasteiger charge is 2.45. The molecule has 0 aromatic heterocycles. The first-order valence-corrected chi connectivity index (χ1v) is 9.42. The molecule has 2 unspecified atom stereocenters. The van der Waals surface area contributed by atoms with E-state index < -0.39 is 48.7 Å². The van der Waals surface area contributed by atoms with E-state index in [9.17, 15) is 22.5 Å². The summed E-state index contributed by atoms with van der Waals surface area (Å²) in [7, 11) is -16.2. The van der Waals surface area contributed by atoms with E-state index in [-0.39, 0.29) is 0 Å². The molecular weight excluding hydrogens is 383 g/mol. The van der Waals surface area contributed by atoms with Crippen LogP contribution in [0.2, 0.25) is 0 Å². The molecule has 0 saturated carbocycles. The molecule has 12 nitrogen and oxygen atoms in total. The average Bonchev–Trinajstić information content (AvgIpc) is 2.25. The van der Waals surface area contributed by atoms with Crippen LogP contribution in [0.1, 0.15) is 0 Å². The zero-order valence-corrected chi connectivity index (χ0v) is 13.4. The summed E-state index contributed by atoms with van der Waals surface area (Å²) >= 11 is 0. The summed E-state index contributed by atoms with van der Waals surface area (Å²) in [6.45, 7) is -3.18. The number of phosphoric acid groups is 3. The highest BCUT2D eigenvalue weighted by molar-refractivity contribution is 7.66. The largest absolute Gasteiger partial charge is 0.490 e. The fourth-order valence-corrected chi connectivity index (χ4v) is 3.95. The van der Waals surface area contributed by atoms with Gasteiger partial charge in [-0.3, -0.25) is 4.52 Å². The smallest absolute Gasteiger partial charge is 0.367 e. The molecule has 0 amide bonds. The SMILES string of the molecule is CO[C@](CF)(COP(=O)(O)OP(=O)(O)OP(=O)(O)O)[C@@H](O)F. The summed E-state index contributed by atoms with van der Waals surface area (Å²) in [5.41, 5.74) is -2.73. The highest BCUT2D eigenvalue weighted by Crippen LogP contribution is 2.66. The first kappa shape index (κ1) is 22.2. The molecule has 0 fully saturated rings. The molecular formula is C5H13F2O12P3. The molecule has 0 spiro atoms. The standard InChI is InChI=1S/C5H13F2O12P3/c1-16-5(2-6,4(7)8)3-17-21(12,13)19-22(14,15)18-20(9,10)11/h4,8H,2-3H2,1H3,(H,12,13)(H,14,15)(H2,9,10,11)/t4-,5-/m1/s1. The third-order valence-corrected chi connectivity index (χ3v) is 5.74. The first-order chi connectivity index (χ1) is 9.69. The van der Waals surface area contributed by atoms with E-state index in [2.05, 4.69) is 17.9 Å². The minimum Gasteiger partial charge on any atom is -0.367 e. The molecule has 22 heavy (non-hydrogen) atoms. The maximum atomic E-state index is 12.8. The van der Waals surface area contributed by atoms with E-state index in [0.29, 0.717) is 0 Å². The molecule has 0 rings (SSSR count). The van der Waals surface area contributed by atoms with Gasteiger partial charge in [-0.1, -0.05) is 0 Å². The number of alkyl halides is 2. The second kappa shape index (κ2) is 7.84. The van der Waals surface area contributed by atoms with Crippen LogP contribution in [0.15, 0.2) is 0 Å². The van der Waals surface area contributed by atoms with Crippen LogP contribution in [0.5, 0.6) is 0 Å². The van der Waals surface area contributed by atoms with Crippen molar-refractivity contribution >= 4 is 23.5 Å². The summed E-state index contributed by atoms with van der Waals surface area (Å²) < 4.78 is 73.0. The normalized spacial score (nSPS) is 22.4. The van der Waals surface area contributed by atoms with E-state index in [4.69, 9.17) is 24.7 Å². The van der Waals surface area contributed by atoms with Crippen molar-refractivity contribution in [2.45, 2.75) is 12.0 Å². The van der Waals surface area contributed by atoms with Crippen LogP contribution in [0.25, 0.3) is 0 Å². The van der Waals surface area contributed by atoms with E-state index in [1.165, 1.54) is 0 Å². The lowest BCUT2D eigenvalue weighted by atomic mass is 10.1. The maximum Gasteiger partial charge on any atom is 0.490 e. The van der Waals surface area contributed by atoms with Crippen LogP contribution >= 0.6 is 23.5 Å². The number of halogens is 2. The Balaban J connectivity index is 4.95. The monoisotopic (exact) mass is 396 g/mol. The molecule has 0 bridgehead atoms. The summed E-state index contributed by atoms with van der Waals surface area (Å²) in [5, 5.41) is 8.69. The molecule has 0 aliphatic heterocycles. The minimum atomic E-state index is -5.75. The number of aliphatic hydroxyl groups is 1. The summed E-state index contributed by atoms with van der Waals surface area (Å²) in [4.78, 5) is 34.4. The van der Waals surface area contributed by atoms with Crippen LogP contribution in [0.4, 0.5) is 8.78 Å². The van der Waals surface area contributed by atoms with Gasteiger partial charge in [-0.25, -0.2) is 22.5 Å². The topological polar surface area (TPSA) is 189 Å². The lowest BCUT2D eigenvalue weighted by Crippen LogP contribution is -2.48. The molecule has 5 N–H and O–H groups in total. The van der Waals surface area contributed by atoms with Crippen LogP contribution in [0, 0.1) is 0 Å². The fourth-order valence-electron chi connectivity index (χ4n) is 0.876. The molecule has 134 valence electrons. The third kappa shape index (κ3) is 7.64. The van der Waals surface area contributed by atoms with Crippen LogP contribution in [-0.2, 0) is 31.6 Å². The van der Waals surface area contributed by atoms with E-state index in [1.54, 1.807) is 0 Å². The van der Waals surface area contributed by atoms with E-state index >= 15 is 0 Å². The van der Waals surface area contributed by atoms with Gasteiger partial charge in [0.05, 0.1) is 6.61 Å². The van der Waals surface area contributed by atoms with Crippen LogP contribution < -0.4 is 0 Å². The lowest BCUT2D eigenvalue weighted by Gasteiger charge is -2.29. The average molecular weight is 396 g/mol. The second-order valence-corrected chi connectivity index (χ2v) is 8.02. The number of phosphoric ester groups is 1. The Bertz CT molecular complexity index is 499. The third-order valence-electron chi connectivity index (χ3n) is 1.95. The van der Waals surface area contributed by atoms with Gasteiger partial charge >= 0.3 is 23.5 Å². The number of hydrogen-bond donors (Lipinski definition) is 5. The van der Waals surface area contributed by atoms with Gasteiger partial charge in [-0.15, -0.1) is 0 Å². The lowest BCUT2D eigenvalue weighted by molar-refractivity contribution is -0.182. The molecule has 0 radical (unpaired) electrons. The van der Waals surface area contributed by atoms with Crippen molar-refractivity contribution in [3.05, 3.63) is 0 Å². The molecule has 4 atom stereocenters. The van der Waals surface area contributed by atoms with Gasteiger partial charge in [-0.2, -0.15) is 8.62 Å². The van der Waals surface area contributed by atoms with Gasteiger partial charge in [0.25, 0.3) is 0 Å².